The van der Waals surface area contributed by atoms with E-state index in [4.69, 9.17) is 27.9 Å². The molecule has 0 N–H and O–H groups in total. The Kier molecular flexibility index (Phi) is 6.16. The molecule has 0 aromatic heterocycles. The van der Waals surface area contributed by atoms with Gasteiger partial charge in [0.15, 0.2) is 0 Å². The minimum Gasteiger partial charge on any atom is -0.407 e. The van der Waals surface area contributed by atoms with Crippen molar-refractivity contribution in [2.45, 2.75) is 41.5 Å². The van der Waals surface area contributed by atoms with Crippen molar-refractivity contribution in [1.29, 1.82) is 0 Å². The molecule has 6 nitrogen and oxygen atoms in total. The van der Waals surface area contributed by atoms with Crippen molar-refractivity contribution in [3.05, 3.63) is 18.2 Å². The Morgan fingerprint density at radius 1 is 0.467 bits per heavy atom. The zero-order valence-electron chi connectivity index (χ0n) is 19.2. The fourth-order valence-corrected chi connectivity index (χ4v) is 3.76. The first-order chi connectivity index (χ1) is 14.0. The van der Waals surface area contributed by atoms with Crippen molar-refractivity contribution < 1.29 is 27.9 Å². The molecule has 0 saturated carbocycles. The van der Waals surface area contributed by atoms with Gasteiger partial charge in [0.2, 0.25) is 0 Å². The van der Waals surface area contributed by atoms with Gasteiger partial charge < -0.3 is 27.9 Å². The molecule has 3 aliphatic heterocycles. The first-order valence-corrected chi connectivity index (χ1v) is 10.9. The van der Waals surface area contributed by atoms with Gasteiger partial charge in [-0.1, -0.05) is 59.7 Å². The van der Waals surface area contributed by atoms with E-state index in [0.717, 1.165) is 16.4 Å². The Labute approximate surface area is 181 Å². The minimum atomic E-state index is -0.420. The summed E-state index contributed by atoms with van der Waals surface area (Å²) >= 11 is 0. The van der Waals surface area contributed by atoms with Crippen molar-refractivity contribution >= 4 is 37.7 Å². The number of hydrogen-bond donors (Lipinski definition) is 0. The molecule has 0 atom stereocenters. The second-order valence-corrected chi connectivity index (χ2v) is 11.3. The lowest BCUT2D eigenvalue weighted by Gasteiger charge is -2.35. The van der Waals surface area contributed by atoms with E-state index in [0.29, 0.717) is 39.6 Å². The van der Waals surface area contributed by atoms with Crippen LogP contribution in [0.2, 0.25) is 0 Å². The Morgan fingerprint density at radius 3 is 0.867 bits per heavy atom. The average Bonchev–Trinajstić information content (AvgIpc) is 2.67. The molecule has 9 heteroatoms. The monoisotopic (exact) mass is 414 g/mol. The van der Waals surface area contributed by atoms with Crippen LogP contribution in [0, 0.1) is 16.2 Å². The van der Waals surface area contributed by atoms with E-state index in [1.54, 1.807) is 0 Å². The SMILES string of the molecule is CC1(C)COB(c2cc(B3OCC(C)(C)CO3)cc(B3OCC(C)(C)CO3)c2)OC1. The van der Waals surface area contributed by atoms with Crippen LogP contribution in [0.15, 0.2) is 18.2 Å². The van der Waals surface area contributed by atoms with Gasteiger partial charge in [0, 0.05) is 55.9 Å². The first kappa shape index (κ1) is 22.4. The zero-order chi connectivity index (χ0) is 21.6. The first-order valence-electron chi connectivity index (χ1n) is 10.9. The van der Waals surface area contributed by atoms with E-state index in [2.05, 4.69) is 59.7 Å². The van der Waals surface area contributed by atoms with Crippen LogP contribution in [0.3, 0.4) is 0 Å². The normalized spacial score (nSPS) is 26.0. The van der Waals surface area contributed by atoms with Crippen LogP contribution in [0.4, 0.5) is 0 Å². The highest BCUT2D eigenvalue weighted by atomic mass is 16.6. The molecule has 3 heterocycles. The maximum Gasteiger partial charge on any atom is 0.493 e. The van der Waals surface area contributed by atoms with Crippen LogP contribution in [-0.2, 0) is 27.9 Å². The Balaban J connectivity index is 1.59. The molecule has 0 radical (unpaired) electrons. The Hall–Kier alpha value is -0.825. The summed E-state index contributed by atoms with van der Waals surface area (Å²) in [6.45, 7) is 16.7. The lowest BCUT2D eigenvalue weighted by molar-refractivity contribution is 0.0333. The third kappa shape index (κ3) is 5.32. The van der Waals surface area contributed by atoms with E-state index >= 15 is 0 Å². The van der Waals surface area contributed by atoms with Gasteiger partial charge in [0.05, 0.1) is 0 Å². The van der Waals surface area contributed by atoms with Crippen LogP contribution in [0.1, 0.15) is 41.5 Å². The van der Waals surface area contributed by atoms with Gasteiger partial charge in [-0.25, -0.2) is 0 Å². The van der Waals surface area contributed by atoms with E-state index in [1.165, 1.54) is 0 Å². The molecule has 30 heavy (non-hydrogen) atoms. The summed E-state index contributed by atoms with van der Waals surface area (Å²) in [5.74, 6) is 0. The number of benzene rings is 1. The molecule has 3 aliphatic rings. The van der Waals surface area contributed by atoms with E-state index in [-0.39, 0.29) is 16.2 Å². The molecule has 162 valence electrons. The molecule has 0 amide bonds. The summed E-state index contributed by atoms with van der Waals surface area (Å²) in [5, 5.41) is 0. The van der Waals surface area contributed by atoms with Gasteiger partial charge >= 0.3 is 21.4 Å². The lowest BCUT2D eigenvalue weighted by Crippen LogP contribution is -2.55. The molecule has 0 spiro atoms. The Bertz CT molecular complexity index is 627. The smallest absolute Gasteiger partial charge is 0.407 e. The maximum atomic E-state index is 6.04. The van der Waals surface area contributed by atoms with Gasteiger partial charge in [-0.3, -0.25) is 0 Å². The molecule has 0 bridgehead atoms. The summed E-state index contributed by atoms with van der Waals surface area (Å²) in [7, 11) is -1.26. The fourth-order valence-electron chi connectivity index (χ4n) is 3.76. The van der Waals surface area contributed by atoms with Crippen molar-refractivity contribution in [2.75, 3.05) is 39.6 Å². The summed E-state index contributed by atoms with van der Waals surface area (Å²) in [5.41, 5.74) is 2.85. The van der Waals surface area contributed by atoms with Crippen LogP contribution < -0.4 is 16.4 Å². The van der Waals surface area contributed by atoms with Crippen LogP contribution in [0.25, 0.3) is 0 Å². The molecule has 3 saturated heterocycles. The molecule has 1 aromatic rings. The standard InChI is InChI=1S/C21H33B3O6/c1-19(2)10-25-22(26-11-19)16-7-17(23-27-12-20(3,4)13-28-23)9-18(8-16)24-29-14-21(5,6)15-30-24/h7-9H,10-15H2,1-6H3. The quantitative estimate of drug-likeness (QED) is 0.689. The van der Waals surface area contributed by atoms with Crippen LogP contribution in [-0.4, -0.2) is 61.0 Å². The highest BCUT2D eigenvalue weighted by Crippen LogP contribution is 2.24. The molecule has 4 rings (SSSR count). The largest absolute Gasteiger partial charge is 0.493 e. The van der Waals surface area contributed by atoms with Gasteiger partial charge in [-0.15, -0.1) is 0 Å². The summed E-state index contributed by atoms with van der Waals surface area (Å²) in [6.07, 6.45) is 0. The molecule has 1 aromatic carbocycles. The number of hydrogen-bond acceptors (Lipinski definition) is 6. The summed E-state index contributed by atoms with van der Waals surface area (Å²) in [6, 6.07) is 6.17. The zero-order valence-corrected chi connectivity index (χ0v) is 19.2. The highest BCUT2D eigenvalue weighted by molar-refractivity contribution is 6.69. The second-order valence-electron chi connectivity index (χ2n) is 11.3. The van der Waals surface area contributed by atoms with E-state index in [9.17, 15) is 0 Å². The topological polar surface area (TPSA) is 55.4 Å². The van der Waals surface area contributed by atoms with Crippen molar-refractivity contribution in [3.63, 3.8) is 0 Å². The minimum absolute atomic E-state index is 0.0132. The molecule has 3 fully saturated rings. The maximum absolute atomic E-state index is 6.04. The summed E-state index contributed by atoms with van der Waals surface area (Å²) in [4.78, 5) is 0. The molecular formula is C21H33B3O6. The summed E-state index contributed by atoms with van der Waals surface area (Å²) < 4.78 is 36.3. The fraction of sp³-hybridized carbons (Fsp3) is 0.714. The van der Waals surface area contributed by atoms with Gasteiger partial charge in [-0.2, -0.15) is 0 Å². The van der Waals surface area contributed by atoms with E-state index in [1.807, 2.05) is 0 Å². The third-order valence-electron chi connectivity index (χ3n) is 5.57. The molecule has 0 unspecified atom stereocenters. The molecule has 0 aliphatic carbocycles. The number of rotatable bonds is 3. The average molecular weight is 414 g/mol. The van der Waals surface area contributed by atoms with Crippen molar-refractivity contribution in [2.24, 2.45) is 16.2 Å². The molecular weight excluding hydrogens is 381 g/mol. The van der Waals surface area contributed by atoms with E-state index < -0.39 is 21.4 Å². The lowest BCUT2D eigenvalue weighted by atomic mass is 9.64. The third-order valence-corrected chi connectivity index (χ3v) is 5.57. The highest BCUT2D eigenvalue weighted by Gasteiger charge is 2.39. The van der Waals surface area contributed by atoms with Crippen LogP contribution >= 0.6 is 0 Å². The van der Waals surface area contributed by atoms with Crippen molar-refractivity contribution in [1.82, 2.24) is 0 Å². The second kappa shape index (κ2) is 8.26. The predicted octanol–water partition coefficient (Wildman–Crippen LogP) is 0.991. The van der Waals surface area contributed by atoms with Crippen molar-refractivity contribution in [3.8, 4) is 0 Å². The van der Waals surface area contributed by atoms with Gasteiger partial charge in [-0.05, 0) is 16.4 Å². The predicted molar refractivity (Wildman–Crippen MR) is 120 cm³/mol. The van der Waals surface area contributed by atoms with Crippen LogP contribution in [0.5, 0.6) is 0 Å². The Morgan fingerprint density at radius 2 is 0.667 bits per heavy atom. The van der Waals surface area contributed by atoms with Gasteiger partial charge in [0.1, 0.15) is 0 Å². The van der Waals surface area contributed by atoms with Gasteiger partial charge in [0.25, 0.3) is 0 Å².